The lowest BCUT2D eigenvalue weighted by molar-refractivity contribution is 0.0378. The molecule has 154 valence electrons. The molecule has 1 aromatic carbocycles. The van der Waals surface area contributed by atoms with Crippen LogP contribution >= 0.6 is 0 Å². The summed E-state index contributed by atoms with van der Waals surface area (Å²) in [6.07, 6.45) is 0.681. The van der Waals surface area contributed by atoms with Gasteiger partial charge in [-0.1, -0.05) is 13.0 Å². The van der Waals surface area contributed by atoms with Gasteiger partial charge in [0, 0.05) is 7.11 Å². The van der Waals surface area contributed by atoms with Crippen LogP contribution in [0.1, 0.15) is 28.8 Å². The minimum Gasteiger partial charge on any atom is -0.493 e. The van der Waals surface area contributed by atoms with E-state index in [0.29, 0.717) is 35.9 Å². The maximum absolute atomic E-state index is 12.3. The Morgan fingerprint density at radius 1 is 1.07 bits per heavy atom. The first-order chi connectivity index (χ1) is 14.0. The first-order valence-electron chi connectivity index (χ1n) is 9.19. The summed E-state index contributed by atoms with van der Waals surface area (Å²) >= 11 is 0. The zero-order valence-electron chi connectivity index (χ0n) is 17.2. The Morgan fingerprint density at radius 2 is 1.83 bits per heavy atom. The standard InChI is InChI=1S/C20H24N4O5/c1-6-14-17(13-7-8-15(27-4)16(11-13)28-5)19-22-21-18(12(2)24(19)23-14)20(25)29-10-9-26-3/h7-8,11H,6,9-10H2,1-5H3. The number of fused-ring (bicyclic) bond motifs is 1. The number of carbonyl (C=O) groups is 1. The Hall–Kier alpha value is -3.20. The van der Waals surface area contributed by atoms with Gasteiger partial charge in [-0.25, -0.2) is 9.31 Å². The molecular weight excluding hydrogens is 376 g/mol. The van der Waals surface area contributed by atoms with Crippen LogP contribution in [0.4, 0.5) is 0 Å². The molecule has 0 saturated carbocycles. The van der Waals surface area contributed by atoms with Crippen LogP contribution in [0.15, 0.2) is 18.2 Å². The van der Waals surface area contributed by atoms with E-state index >= 15 is 0 Å². The molecule has 2 aromatic heterocycles. The van der Waals surface area contributed by atoms with Gasteiger partial charge in [-0.2, -0.15) is 5.10 Å². The Balaban J connectivity index is 2.10. The summed E-state index contributed by atoms with van der Waals surface area (Å²) in [7, 11) is 4.72. The Kier molecular flexibility index (Phi) is 6.28. The lowest BCUT2D eigenvalue weighted by Gasteiger charge is -2.10. The topological polar surface area (TPSA) is 97.1 Å². The fraction of sp³-hybridized carbons (Fsp3) is 0.400. The van der Waals surface area contributed by atoms with Gasteiger partial charge < -0.3 is 18.9 Å². The highest BCUT2D eigenvalue weighted by Gasteiger charge is 2.22. The second-order valence-corrected chi connectivity index (χ2v) is 6.24. The van der Waals surface area contributed by atoms with Crippen molar-refractivity contribution in [3.05, 3.63) is 35.3 Å². The van der Waals surface area contributed by atoms with E-state index in [1.807, 2.05) is 25.1 Å². The predicted octanol–water partition coefficient (Wildman–Crippen LogP) is 2.48. The molecule has 0 aliphatic carbocycles. The minimum absolute atomic E-state index is 0.123. The third kappa shape index (κ3) is 3.86. The summed E-state index contributed by atoms with van der Waals surface area (Å²) in [6.45, 7) is 4.23. The number of rotatable bonds is 8. The van der Waals surface area contributed by atoms with Gasteiger partial charge in [-0.05, 0) is 31.0 Å². The van der Waals surface area contributed by atoms with Crippen LogP contribution in [-0.4, -0.2) is 60.3 Å². The van der Waals surface area contributed by atoms with E-state index in [4.69, 9.17) is 18.9 Å². The van der Waals surface area contributed by atoms with E-state index in [1.54, 1.807) is 25.7 Å². The van der Waals surface area contributed by atoms with Gasteiger partial charge in [-0.3, -0.25) is 0 Å². The molecule has 29 heavy (non-hydrogen) atoms. The van der Waals surface area contributed by atoms with Crippen LogP contribution in [0.2, 0.25) is 0 Å². The van der Waals surface area contributed by atoms with Crippen molar-refractivity contribution in [3.8, 4) is 22.6 Å². The Bertz CT molecular complexity index is 1030. The summed E-state index contributed by atoms with van der Waals surface area (Å²) < 4.78 is 22.4. The van der Waals surface area contributed by atoms with E-state index < -0.39 is 5.97 Å². The van der Waals surface area contributed by atoms with Gasteiger partial charge in [0.1, 0.15) is 6.61 Å². The molecule has 0 fully saturated rings. The van der Waals surface area contributed by atoms with Crippen molar-refractivity contribution in [2.75, 3.05) is 34.5 Å². The Labute approximate surface area is 168 Å². The molecule has 0 N–H and O–H groups in total. The van der Waals surface area contributed by atoms with Crippen molar-refractivity contribution in [1.82, 2.24) is 19.8 Å². The number of esters is 1. The second-order valence-electron chi connectivity index (χ2n) is 6.24. The molecule has 0 amide bonds. The lowest BCUT2D eigenvalue weighted by atomic mass is 10.0. The molecule has 3 aromatic rings. The highest BCUT2D eigenvalue weighted by Crippen LogP contribution is 2.35. The summed E-state index contributed by atoms with van der Waals surface area (Å²) in [6, 6.07) is 5.62. The third-order valence-corrected chi connectivity index (χ3v) is 4.56. The molecule has 0 saturated heterocycles. The Morgan fingerprint density at radius 3 is 2.48 bits per heavy atom. The van der Waals surface area contributed by atoms with E-state index in [1.165, 1.54) is 7.11 Å². The third-order valence-electron chi connectivity index (χ3n) is 4.56. The number of ether oxygens (including phenoxy) is 4. The van der Waals surface area contributed by atoms with Crippen LogP contribution < -0.4 is 9.47 Å². The van der Waals surface area contributed by atoms with Crippen LogP contribution in [0.3, 0.4) is 0 Å². The van der Waals surface area contributed by atoms with Crippen LogP contribution in [0, 0.1) is 6.92 Å². The zero-order chi connectivity index (χ0) is 21.0. The number of hydrogen-bond donors (Lipinski definition) is 0. The molecule has 0 atom stereocenters. The second kappa shape index (κ2) is 8.87. The molecule has 0 bridgehead atoms. The van der Waals surface area contributed by atoms with Crippen LogP contribution in [-0.2, 0) is 15.9 Å². The van der Waals surface area contributed by atoms with Gasteiger partial charge in [-0.15, -0.1) is 10.2 Å². The molecular formula is C20H24N4O5. The lowest BCUT2D eigenvalue weighted by Crippen LogP contribution is -2.16. The summed E-state index contributed by atoms with van der Waals surface area (Å²) in [4.78, 5) is 12.3. The number of aromatic nitrogens is 4. The molecule has 0 aliphatic rings. The van der Waals surface area contributed by atoms with Crippen molar-refractivity contribution < 1.29 is 23.7 Å². The molecule has 2 heterocycles. The molecule has 9 nitrogen and oxygen atoms in total. The number of hydrogen-bond acceptors (Lipinski definition) is 8. The highest BCUT2D eigenvalue weighted by molar-refractivity contribution is 5.89. The van der Waals surface area contributed by atoms with E-state index in [0.717, 1.165) is 16.8 Å². The summed E-state index contributed by atoms with van der Waals surface area (Å²) in [5.74, 6) is 0.679. The van der Waals surface area contributed by atoms with Gasteiger partial charge >= 0.3 is 5.97 Å². The fourth-order valence-electron chi connectivity index (χ4n) is 3.06. The van der Waals surface area contributed by atoms with Crippen molar-refractivity contribution in [3.63, 3.8) is 0 Å². The summed E-state index contributed by atoms with van der Waals surface area (Å²) in [5, 5.41) is 13.0. The SMILES string of the molecule is CCc1nn2c(C)c(C(=O)OCCOC)nnc2c1-c1ccc(OC)c(OC)c1. The normalized spacial score (nSPS) is 10.9. The smallest absolute Gasteiger partial charge is 0.360 e. The monoisotopic (exact) mass is 400 g/mol. The molecule has 0 aliphatic heterocycles. The fourth-order valence-corrected chi connectivity index (χ4v) is 3.06. The van der Waals surface area contributed by atoms with Gasteiger partial charge in [0.05, 0.1) is 37.8 Å². The maximum atomic E-state index is 12.3. The summed E-state index contributed by atoms with van der Waals surface area (Å²) in [5.41, 5.74) is 3.78. The molecule has 0 radical (unpaired) electrons. The zero-order valence-corrected chi connectivity index (χ0v) is 17.2. The largest absolute Gasteiger partial charge is 0.493 e. The van der Waals surface area contributed by atoms with Crippen molar-refractivity contribution in [1.29, 1.82) is 0 Å². The minimum atomic E-state index is -0.560. The van der Waals surface area contributed by atoms with E-state index in [2.05, 4.69) is 15.3 Å². The van der Waals surface area contributed by atoms with Crippen LogP contribution in [0.5, 0.6) is 11.5 Å². The highest BCUT2D eigenvalue weighted by atomic mass is 16.6. The quantitative estimate of drug-likeness (QED) is 0.420. The first kappa shape index (κ1) is 20.5. The predicted molar refractivity (Wildman–Crippen MR) is 106 cm³/mol. The number of carbonyl (C=O) groups excluding carboxylic acids is 1. The van der Waals surface area contributed by atoms with Crippen molar-refractivity contribution in [2.45, 2.75) is 20.3 Å². The van der Waals surface area contributed by atoms with Crippen molar-refractivity contribution >= 4 is 11.6 Å². The van der Waals surface area contributed by atoms with Gasteiger partial charge in [0.15, 0.2) is 22.8 Å². The number of benzene rings is 1. The molecule has 0 unspecified atom stereocenters. The average molecular weight is 400 g/mol. The average Bonchev–Trinajstić information content (AvgIpc) is 3.13. The number of aryl methyl sites for hydroxylation is 2. The molecule has 3 rings (SSSR count). The van der Waals surface area contributed by atoms with E-state index in [9.17, 15) is 4.79 Å². The first-order valence-corrected chi connectivity index (χ1v) is 9.19. The maximum Gasteiger partial charge on any atom is 0.360 e. The van der Waals surface area contributed by atoms with Gasteiger partial charge in [0.2, 0.25) is 0 Å². The molecule has 9 heteroatoms. The van der Waals surface area contributed by atoms with Crippen molar-refractivity contribution in [2.24, 2.45) is 0 Å². The number of nitrogens with zero attached hydrogens (tertiary/aromatic N) is 4. The molecule has 0 spiro atoms. The van der Waals surface area contributed by atoms with Gasteiger partial charge in [0.25, 0.3) is 0 Å². The van der Waals surface area contributed by atoms with E-state index in [-0.39, 0.29) is 12.3 Å². The van der Waals surface area contributed by atoms with Crippen LogP contribution in [0.25, 0.3) is 16.8 Å². The number of methoxy groups -OCH3 is 3.